The largest absolute Gasteiger partial charge is 0.394 e. The summed E-state index contributed by atoms with van der Waals surface area (Å²) in [6.07, 6.45) is -0.737. The van der Waals surface area contributed by atoms with Crippen molar-refractivity contribution in [3.05, 3.63) is 0 Å². The predicted molar refractivity (Wildman–Crippen MR) is 88.0 cm³/mol. The molecule has 0 rings (SSSR count). The number of hydrogen-bond donors (Lipinski definition) is 2. The topological polar surface area (TPSA) is 95.8 Å². The maximum Gasteiger partial charge on any atom is 0.156 e. The van der Waals surface area contributed by atoms with Gasteiger partial charge >= 0.3 is 0 Å². The SMILES string of the molecule is CC(C)C(O)OCCOCCOCCOCCOCCOCCO. The molecule has 0 aliphatic rings. The number of aliphatic hydroxyl groups is 2. The Morgan fingerprint density at radius 2 is 0.917 bits per heavy atom. The number of hydrogen-bond acceptors (Lipinski definition) is 8. The molecule has 1 atom stereocenters. The molecule has 0 saturated carbocycles. The number of rotatable bonds is 19. The van der Waals surface area contributed by atoms with Gasteiger partial charge in [0.2, 0.25) is 0 Å². The maximum absolute atomic E-state index is 9.41. The third kappa shape index (κ3) is 18.0. The van der Waals surface area contributed by atoms with Crippen LogP contribution in [0.25, 0.3) is 0 Å². The molecule has 2 N–H and O–H groups in total. The molecule has 0 aliphatic heterocycles. The van der Waals surface area contributed by atoms with Crippen LogP contribution in [0.15, 0.2) is 0 Å². The fourth-order valence-corrected chi connectivity index (χ4v) is 1.47. The minimum atomic E-state index is -0.737. The normalized spacial score (nSPS) is 12.9. The molecule has 0 radical (unpaired) electrons. The molecular formula is C16H34O8. The van der Waals surface area contributed by atoms with Crippen LogP contribution >= 0.6 is 0 Å². The first-order valence-corrected chi connectivity index (χ1v) is 8.47. The average Bonchev–Trinajstić information content (AvgIpc) is 2.57. The summed E-state index contributed by atoms with van der Waals surface area (Å²) in [6.45, 7) is 8.94. The van der Waals surface area contributed by atoms with Crippen LogP contribution in [0.4, 0.5) is 0 Å². The summed E-state index contributed by atoms with van der Waals surface area (Å²) in [6, 6.07) is 0. The Labute approximate surface area is 144 Å². The zero-order chi connectivity index (χ0) is 17.9. The van der Waals surface area contributed by atoms with E-state index < -0.39 is 6.29 Å². The van der Waals surface area contributed by atoms with Gasteiger partial charge in [-0.25, -0.2) is 0 Å². The van der Waals surface area contributed by atoms with Crippen LogP contribution in [0.2, 0.25) is 0 Å². The highest BCUT2D eigenvalue weighted by atomic mass is 16.6. The van der Waals surface area contributed by atoms with Gasteiger partial charge in [0, 0.05) is 5.92 Å². The lowest BCUT2D eigenvalue weighted by Gasteiger charge is -2.15. The first kappa shape index (κ1) is 23.7. The lowest BCUT2D eigenvalue weighted by atomic mass is 10.2. The summed E-state index contributed by atoms with van der Waals surface area (Å²) in [5.74, 6) is 0.0818. The molecule has 0 aromatic carbocycles. The first-order chi connectivity index (χ1) is 11.7. The van der Waals surface area contributed by atoms with Gasteiger partial charge in [0.15, 0.2) is 6.29 Å². The zero-order valence-electron chi connectivity index (χ0n) is 15.0. The van der Waals surface area contributed by atoms with E-state index in [1.54, 1.807) is 0 Å². The van der Waals surface area contributed by atoms with E-state index in [1.165, 1.54) is 0 Å². The van der Waals surface area contributed by atoms with Gasteiger partial charge in [-0.2, -0.15) is 0 Å². The van der Waals surface area contributed by atoms with E-state index in [9.17, 15) is 5.11 Å². The maximum atomic E-state index is 9.41. The summed E-state index contributed by atoms with van der Waals surface area (Å²) in [4.78, 5) is 0. The molecule has 0 heterocycles. The molecule has 0 saturated heterocycles. The van der Waals surface area contributed by atoms with Crippen molar-refractivity contribution in [2.75, 3.05) is 79.3 Å². The second kappa shape index (κ2) is 19.0. The lowest BCUT2D eigenvalue weighted by molar-refractivity contribution is -0.137. The highest BCUT2D eigenvalue weighted by Gasteiger charge is 2.07. The molecule has 1 unspecified atom stereocenters. The van der Waals surface area contributed by atoms with Crippen molar-refractivity contribution < 1.29 is 38.6 Å². The Bertz CT molecular complexity index is 240. The van der Waals surface area contributed by atoms with Gasteiger partial charge in [-0.05, 0) is 0 Å². The molecule has 0 amide bonds. The molecule has 0 spiro atoms. The molecule has 8 nitrogen and oxygen atoms in total. The van der Waals surface area contributed by atoms with Crippen molar-refractivity contribution in [1.29, 1.82) is 0 Å². The van der Waals surface area contributed by atoms with Crippen LogP contribution < -0.4 is 0 Å². The molecule has 8 heteroatoms. The Morgan fingerprint density at radius 3 is 1.25 bits per heavy atom. The van der Waals surface area contributed by atoms with E-state index >= 15 is 0 Å². The Balaban J connectivity index is 3.03. The predicted octanol–water partition coefficient (Wildman–Crippen LogP) is 0.0527. The molecular weight excluding hydrogens is 320 g/mol. The van der Waals surface area contributed by atoms with Crippen molar-refractivity contribution >= 4 is 0 Å². The van der Waals surface area contributed by atoms with E-state index in [4.69, 9.17) is 33.5 Å². The monoisotopic (exact) mass is 354 g/mol. The van der Waals surface area contributed by atoms with Gasteiger partial charge in [0.25, 0.3) is 0 Å². The van der Waals surface area contributed by atoms with Crippen LogP contribution in [-0.4, -0.2) is 95.8 Å². The van der Waals surface area contributed by atoms with Crippen LogP contribution in [-0.2, 0) is 28.4 Å². The van der Waals surface area contributed by atoms with E-state index in [0.29, 0.717) is 72.7 Å². The third-order valence-corrected chi connectivity index (χ3v) is 2.81. The molecule has 0 aromatic rings. The molecule has 0 fully saturated rings. The summed E-state index contributed by atoms with van der Waals surface area (Å²) in [7, 11) is 0. The number of ether oxygens (including phenoxy) is 6. The van der Waals surface area contributed by atoms with Gasteiger partial charge < -0.3 is 38.6 Å². The van der Waals surface area contributed by atoms with Crippen LogP contribution in [0, 0.1) is 5.92 Å². The number of aliphatic hydroxyl groups excluding tert-OH is 2. The lowest BCUT2D eigenvalue weighted by Crippen LogP contribution is -2.21. The van der Waals surface area contributed by atoms with Gasteiger partial charge in [0.1, 0.15) is 0 Å². The van der Waals surface area contributed by atoms with Gasteiger partial charge in [0.05, 0.1) is 79.3 Å². The smallest absolute Gasteiger partial charge is 0.156 e. The van der Waals surface area contributed by atoms with Gasteiger partial charge in [-0.1, -0.05) is 13.8 Å². The van der Waals surface area contributed by atoms with Gasteiger partial charge in [-0.3, -0.25) is 0 Å². The van der Waals surface area contributed by atoms with E-state index in [2.05, 4.69) is 0 Å². The highest BCUT2D eigenvalue weighted by molar-refractivity contribution is 4.46. The van der Waals surface area contributed by atoms with Crippen molar-refractivity contribution in [2.24, 2.45) is 5.92 Å². The molecule has 0 bridgehead atoms. The zero-order valence-corrected chi connectivity index (χ0v) is 15.0. The van der Waals surface area contributed by atoms with Gasteiger partial charge in [-0.15, -0.1) is 0 Å². The average molecular weight is 354 g/mol. The molecule has 0 aromatic heterocycles. The fraction of sp³-hybridized carbons (Fsp3) is 1.00. The van der Waals surface area contributed by atoms with E-state index in [-0.39, 0.29) is 12.5 Å². The summed E-state index contributed by atoms with van der Waals surface area (Å²) in [5, 5.41) is 17.9. The molecule has 24 heavy (non-hydrogen) atoms. The van der Waals surface area contributed by atoms with Crippen LogP contribution in [0.1, 0.15) is 13.8 Å². The summed E-state index contributed by atoms with van der Waals surface area (Å²) in [5.41, 5.74) is 0. The summed E-state index contributed by atoms with van der Waals surface area (Å²) >= 11 is 0. The van der Waals surface area contributed by atoms with Crippen molar-refractivity contribution in [3.63, 3.8) is 0 Å². The fourth-order valence-electron chi connectivity index (χ4n) is 1.47. The highest BCUT2D eigenvalue weighted by Crippen LogP contribution is 2.01. The van der Waals surface area contributed by atoms with Crippen molar-refractivity contribution in [3.8, 4) is 0 Å². The second-order valence-corrected chi connectivity index (χ2v) is 5.29. The quantitative estimate of drug-likeness (QED) is 0.248. The third-order valence-electron chi connectivity index (χ3n) is 2.81. The van der Waals surface area contributed by atoms with Crippen LogP contribution in [0.3, 0.4) is 0 Å². The van der Waals surface area contributed by atoms with Crippen molar-refractivity contribution in [2.45, 2.75) is 20.1 Å². The minimum Gasteiger partial charge on any atom is -0.394 e. The van der Waals surface area contributed by atoms with E-state index in [1.807, 2.05) is 13.8 Å². The van der Waals surface area contributed by atoms with E-state index in [0.717, 1.165) is 0 Å². The standard InChI is InChI=1S/C16H34O8/c1-15(2)16(18)24-14-13-23-12-11-22-10-9-21-8-7-20-6-5-19-4-3-17/h15-18H,3-14H2,1-2H3. The molecule has 146 valence electrons. The Kier molecular flexibility index (Phi) is 18.8. The Morgan fingerprint density at radius 1 is 0.583 bits per heavy atom. The first-order valence-electron chi connectivity index (χ1n) is 8.47. The van der Waals surface area contributed by atoms with Crippen LogP contribution in [0.5, 0.6) is 0 Å². The second-order valence-electron chi connectivity index (χ2n) is 5.29. The Hall–Kier alpha value is -0.320. The van der Waals surface area contributed by atoms with Crippen molar-refractivity contribution in [1.82, 2.24) is 0 Å². The minimum absolute atomic E-state index is 0.0309. The molecule has 0 aliphatic carbocycles. The summed E-state index contributed by atoms with van der Waals surface area (Å²) < 4.78 is 31.5.